The first kappa shape index (κ1) is 11.4. The molecule has 0 aliphatic heterocycles. The predicted molar refractivity (Wildman–Crippen MR) is 66.9 cm³/mol. The number of allylic oxidation sites excluding steroid dienone is 4. The molecule has 1 fully saturated rings. The van der Waals surface area contributed by atoms with E-state index in [1.807, 2.05) is 0 Å². The Morgan fingerprint density at radius 3 is 2.50 bits per heavy atom. The van der Waals surface area contributed by atoms with Crippen LogP contribution in [0.1, 0.15) is 51.4 Å². The molecule has 0 saturated heterocycles. The largest absolute Gasteiger partial charge is 0.411 e. The maximum atomic E-state index is 8.57. The van der Waals surface area contributed by atoms with Gasteiger partial charge in [-0.3, -0.25) is 0 Å². The summed E-state index contributed by atoms with van der Waals surface area (Å²) in [5, 5.41) is 11.7. The molecule has 0 amide bonds. The van der Waals surface area contributed by atoms with E-state index >= 15 is 0 Å². The van der Waals surface area contributed by atoms with Gasteiger partial charge in [0, 0.05) is 0 Å². The van der Waals surface area contributed by atoms with Crippen molar-refractivity contribution < 1.29 is 5.21 Å². The van der Waals surface area contributed by atoms with Crippen molar-refractivity contribution >= 4 is 6.21 Å². The van der Waals surface area contributed by atoms with Crippen LogP contribution in [0.15, 0.2) is 28.5 Å². The van der Waals surface area contributed by atoms with Crippen LogP contribution in [-0.2, 0) is 0 Å². The molecule has 1 saturated carbocycles. The summed E-state index contributed by atoms with van der Waals surface area (Å²) in [6, 6.07) is 0. The number of hydrogen-bond donors (Lipinski definition) is 1. The Morgan fingerprint density at radius 1 is 1.00 bits per heavy atom. The molecule has 2 rings (SSSR count). The van der Waals surface area contributed by atoms with Crippen LogP contribution in [-0.4, -0.2) is 11.4 Å². The van der Waals surface area contributed by atoms with Crippen molar-refractivity contribution in [2.75, 3.05) is 0 Å². The van der Waals surface area contributed by atoms with Gasteiger partial charge >= 0.3 is 0 Å². The van der Waals surface area contributed by atoms with E-state index in [1.54, 1.807) is 6.21 Å². The first-order valence-corrected chi connectivity index (χ1v) is 6.48. The summed E-state index contributed by atoms with van der Waals surface area (Å²) in [6.45, 7) is 0. The summed E-state index contributed by atoms with van der Waals surface area (Å²) in [5.41, 5.74) is 2.60. The fourth-order valence-corrected chi connectivity index (χ4v) is 2.78. The SMILES string of the molecule is ON=CC1=C(C=CC2CCCCC2)CCC1. The summed E-state index contributed by atoms with van der Waals surface area (Å²) in [7, 11) is 0. The number of oxime groups is 1. The van der Waals surface area contributed by atoms with E-state index in [0.29, 0.717) is 0 Å². The van der Waals surface area contributed by atoms with E-state index < -0.39 is 0 Å². The third kappa shape index (κ3) is 2.97. The van der Waals surface area contributed by atoms with Gasteiger partial charge in [-0.1, -0.05) is 36.6 Å². The van der Waals surface area contributed by atoms with Gasteiger partial charge in [-0.15, -0.1) is 0 Å². The van der Waals surface area contributed by atoms with Crippen molar-refractivity contribution in [1.82, 2.24) is 0 Å². The molecule has 1 N–H and O–H groups in total. The van der Waals surface area contributed by atoms with Gasteiger partial charge in [-0.05, 0) is 49.2 Å². The van der Waals surface area contributed by atoms with Crippen molar-refractivity contribution in [3.05, 3.63) is 23.3 Å². The van der Waals surface area contributed by atoms with Gasteiger partial charge in [-0.25, -0.2) is 0 Å². The maximum absolute atomic E-state index is 8.57. The molecule has 2 aliphatic rings. The molecule has 0 heterocycles. The molecule has 2 aliphatic carbocycles. The molecule has 0 aromatic heterocycles. The quantitative estimate of drug-likeness (QED) is 0.433. The highest BCUT2D eigenvalue weighted by Crippen LogP contribution is 2.29. The van der Waals surface area contributed by atoms with Crippen LogP contribution >= 0.6 is 0 Å². The van der Waals surface area contributed by atoms with Crippen LogP contribution in [0.4, 0.5) is 0 Å². The monoisotopic (exact) mass is 219 g/mol. The molecule has 0 atom stereocenters. The van der Waals surface area contributed by atoms with Crippen molar-refractivity contribution in [1.29, 1.82) is 0 Å². The summed E-state index contributed by atoms with van der Waals surface area (Å²) < 4.78 is 0. The fraction of sp³-hybridized carbons (Fsp3) is 0.643. The average molecular weight is 219 g/mol. The topological polar surface area (TPSA) is 32.6 Å². The molecular weight excluding hydrogens is 198 g/mol. The lowest BCUT2D eigenvalue weighted by Gasteiger charge is -2.17. The molecule has 0 spiro atoms. The van der Waals surface area contributed by atoms with Gasteiger partial charge in [0.1, 0.15) is 0 Å². The lowest BCUT2D eigenvalue weighted by Crippen LogP contribution is -2.02. The minimum absolute atomic E-state index is 0.786. The highest BCUT2D eigenvalue weighted by molar-refractivity contribution is 5.80. The lowest BCUT2D eigenvalue weighted by atomic mass is 9.88. The Kier molecular flexibility index (Phi) is 4.20. The molecular formula is C14H21NO. The van der Waals surface area contributed by atoms with E-state index in [0.717, 1.165) is 18.8 Å². The van der Waals surface area contributed by atoms with Gasteiger partial charge in [0.15, 0.2) is 0 Å². The summed E-state index contributed by atoms with van der Waals surface area (Å²) in [4.78, 5) is 0. The third-order valence-electron chi connectivity index (χ3n) is 3.74. The van der Waals surface area contributed by atoms with Gasteiger partial charge in [0.2, 0.25) is 0 Å². The van der Waals surface area contributed by atoms with E-state index in [-0.39, 0.29) is 0 Å². The van der Waals surface area contributed by atoms with E-state index in [1.165, 1.54) is 49.7 Å². The molecule has 2 nitrogen and oxygen atoms in total. The molecule has 88 valence electrons. The zero-order chi connectivity index (χ0) is 11.2. The van der Waals surface area contributed by atoms with Crippen LogP contribution in [0.2, 0.25) is 0 Å². The van der Waals surface area contributed by atoms with E-state index in [9.17, 15) is 0 Å². The van der Waals surface area contributed by atoms with Crippen molar-refractivity contribution in [3.63, 3.8) is 0 Å². The van der Waals surface area contributed by atoms with Crippen LogP contribution in [0.5, 0.6) is 0 Å². The molecule has 0 bridgehead atoms. The molecule has 0 aromatic carbocycles. The first-order valence-electron chi connectivity index (χ1n) is 6.48. The smallest absolute Gasteiger partial charge is 0.0696 e. The zero-order valence-electron chi connectivity index (χ0n) is 9.86. The van der Waals surface area contributed by atoms with Crippen LogP contribution in [0.25, 0.3) is 0 Å². The molecule has 0 aromatic rings. The minimum Gasteiger partial charge on any atom is -0.411 e. The molecule has 2 heteroatoms. The Bertz CT molecular complexity index is 309. The van der Waals surface area contributed by atoms with Crippen molar-refractivity contribution in [2.45, 2.75) is 51.4 Å². The van der Waals surface area contributed by atoms with Crippen LogP contribution < -0.4 is 0 Å². The van der Waals surface area contributed by atoms with Gasteiger partial charge in [0.05, 0.1) is 6.21 Å². The zero-order valence-corrected chi connectivity index (χ0v) is 9.86. The third-order valence-corrected chi connectivity index (χ3v) is 3.74. The molecule has 0 radical (unpaired) electrons. The number of hydrogen-bond acceptors (Lipinski definition) is 2. The normalized spacial score (nSPS) is 24.0. The van der Waals surface area contributed by atoms with Crippen LogP contribution in [0.3, 0.4) is 0 Å². The number of rotatable bonds is 3. The Labute approximate surface area is 97.7 Å². The minimum atomic E-state index is 0.786. The predicted octanol–water partition coefficient (Wildman–Crippen LogP) is 4.06. The molecule has 0 unspecified atom stereocenters. The number of nitrogens with zero attached hydrogens (tertiary/aromatic N) is 1. The lowest BCUT2D eigenvalue weighted by molar-refractivity contribution is 0.321. The van der Waals surface area contributed by atoms with Gasteiger partial charge in [0.25, 0.3) is 0 Å². The highest BCUT2D eigenvalue weighted by Gasteiger charge is 2.13. The summed E-state index contributed by atoms with van der Waals surface area (Å²) in [5.74, 6) is 0.786. The summed E-state index contributed by atoms with van der Waals surface area (Å²) >= 11 is 0. The fourth-order valence-electron chi connectivity index (χ4n) is 2.78. The first-order chi connectivity index (χ1) is 7.90. The van der Waals surface area contributed by atoms with Gasteiger partial charge < -0.3 is 5.21 Å². The second-order valence-electron chi connectivity index (χ2n) is 4.91. The van der Waals surface area contributed by atoms with Crippen molar-refractivity contribution in [3.8, 4) is 0 Å². The Morgan fingerprint density at radius 2 is 1.75 bits per heavy atom. The standard InChI is InChI=1S/C14H21NO/c16-15-11-14-8-4-7-13(14)10-9-12-5-2-1-3-6-12/h9-12,16H,1-8H2. The highest BCUT2D eigenvalue weighted by atomic mass is 16.4. The van der Waals surface area contributed by atoms with Crippen LogP contribution in [0, 0.1) is 5.92 Å². The van der Waals surface area contributed by atoms with E-state index in [4.69, 9.17) is 5.21 Å². The second kappa shape index (κ2) is 5.88. The Balaban J connectivity index is 1.96. The van der Waals surface area contributed by atoms with Gasteiger partial charge in [-0.2, -0.15) is 0 Å². The average Bonchev–Trinajstić information content (AvgIpc) is 2.76. The Hall–Kier alpha value is -1.05. The second-order valence-corrected chi connectivity index (χ2v) is 4.91. The maximum Gasteiger partial charge on any atom is 0.0696 e. The van der Waals surface area contributed by atoms with E-state index in [2.05, 4.69) is 17.3 Å². The molecule has 16 heavy (non-hydrogen) atoms. The summed E-state index contributed by atoms with van der Waals surface area (Å²) in [6.07, 6.45) is 16.6. The van der Waals surface area contributed by atoms with Crippen molar-refractivity contribution in [2.24, 2.45) is 11.1 Å².